The first-order valence-corrected chi connectivity index (χ1v) is 7.86. The van der Waals surface area contributed by atoms with Gasteiger partial charge in [0.15, 0.2) is 0 Å². The van der Waals surface area contributed by atoms with Crippen molar-refractivity contribution in [2.24, 2.45) is 0 Å². The quantitative estimate of drug-likeness (QED) is 0.855. The molecule has 19 heavy (non-hydrogen) atoms. The smallest absolute Gasteiger partial charge is 0.240 e. The number of sulfonamides is 1. The molecule has 0 spiro atoms. The molecule has 5 nitrogen and oxygen atoms in total. The highest BCUT2D eigenvalue weighted by atomic mass is 32.2. The number of hydrogen-bond acceptors (Lipinski definition) is 4. The molecule has 0 amide bonds. The number of likely N-dealkylation sites (tertiary alicyclic amines) is 1. The Morgan fingerprint density at radius 3 is 2.47 bits per heavy atom. The first-order valence-electron chi connectivity index (χ1n) is 6.37. The maximum Gasteiger partial charge on any atom is 0.240 e. The monoisotopic (exact) mass is 284 g/mol. The van der Waals surface area contributed by atoms with Crippen molar-refractivity contribution in [1.82, 2.24) is 9.62 Å². The van der Waals surface area contributed by atoms with Crippen LogP contribution in [0.25, 0.3) is 0 Å². The molecule has 0 aromatic heterocycles. The number of benzene rings is 1. The summed E-state index contributed by atoms with van der Waals surface area (Å²) >= 11 is 0. The first kappa shape index (κ1) is 14.5. The highest BCUT2D eigenvalue weighted by Crippen LogP contribution is 2.17. The zero-order valence-corrected chi connectivity index (χ0v) is 12.0. The van der Waals surface area contributed by atoms with Crippen molar-refractivity contribution in [3.05, 3.63) is 29.8 Å². The zero-order chi connectivity index (χ0) is 14.0. The van der Waals surface area contributed by atoms with Gasteiger partial charge in [-0.15, -0.1) is 0 Å². The fourth-order valence-corrected chi connectivity index (χ4v) is 3.51. The fraction of sp³-hybridized carbons (Fsp3) is 0.538. The van der Waals surface area contributed by atoms with Crippen LogP contribution in [0.5, 0.6) is 0 Å². The molecule has 1 aliphatic rings. The van der Waals surface area contributed by atoms with E-state index >= 15 is 0 Å². The van der Waals surface area contributed by atoms with Gasteiger partial charge in [-0.1, -0.05) is 12.1 Å². The lowest BCUT2D eigenvalue weighted by Gasteiger charge is -2.14. The Morgan fingerprint density at radius 1 is 1.37 bits per heavy atom. The number of aliphatic hydroxyl groups is 1. The molecule has 2 unspecified atom stereocenters. The Bertz CT molecular complexity index is 525. The lowest BCUT2D eigenvalue weighted by molar-refractivity contribution is 0.199. The van der Waals surface area contributed by atoms with Gasteiger partial charge in [-0.2, -0.15) is 0 Å². The average molecular weight is 284 g/mol. The fourth-order valence-electron chi connectivity index (χ4n) is 2.24. The van der Waals surface area contributed by atoms with E-state index in [0.717, 1.165) is 19.5 Å². The number of nitrogens with zero attached hydrogens (tertiary/aromatic N) is 1. The lowest BCUT2D eigenvalue weighted by atomic mass is 10.1. The third-order valence-electron chi connectivity index (χ3n) is 3.39. The van der Waals surface area contributed by atoms with Crippen LogP contribution in [-0.4, -0.2) is 44.6 Å². The van der Waals surface area contributed by atoms with Crippen molar-refractivity contribution < 1.29 is 13.5 Å². The molecule has 1 aliphatic heterocycles. The Morgan fingerprint density at radius 2 is 2.00 bits per heavy atom. The van der Waals surface area contributed by atoms with Crippen molar-refractivity contribution in [3.63, 3.8) is 0 Å². The Kier molecular flexibility index (Phi) is 4.25. The number of aliphatic hydroxyl groups excluding tert-OH is 1. The van der Waals surface area contributed by atoms with Gasteiger partial charge in [0, 0.05) is 12.6 Å². The van der Waals surface area contributed by atoms with Crippen LogP contribution in [0.3, 0.4) is 0 Å². The summed E-state index contributed by atoms with van der Waals surface area (Å²) in [5.74, 6) is 0. The second-order valence-electron chi connectivity index (χ2n) is 5.11. The molecule has 0 radical (unpaired) electrons. The Labute approximate surface area is 114 Å². The highest BCUT2D eigenvalue weighted by Gasteiger charge is 2.25. The summed E-state index contributed by atoms with van der Waals surface area (Å²) in [6, 6.07) is 6.32. The maximum absolute atomic E-state index is 12.2. The van der Waals surface area contributed by atoms with Gasteiger partial charge in [-0.3, -0.25) is 0 Å². The summed E-state index contributed by atoms with van der Waals surface area (Å²) in [5.41, 5.74) is 0.708. The normalized spacial score (nSPS) is 22.6. The number of hydrogen-bond donors (Lipinski definition) is 2. The van der Waals surface area contributed by atoms with Gasteiger partial charge >= 0.3 is 0 Å². The van der Waals surface area contributed by atoms with Crippen LogP contribution in [-0.2, 0) is 10.0 Å². The highest BCUT2D eigenvalue weighted by molar-refractivity contribution is 7.89. The van der Waals surface area contributed by atoms with Crippen LogP contribution in [0.1, 0.15) is 25.0 Å². The van der Waals surface area contributed by atoms with Gasteiger partial charge in [0.2, 0.25) is 10.0 Å². The summed E-state index contributed by atoms with van der Waals surface area (Å²) in [6.45, 7) is 3.30. The van der Waals surface area contributed by atoms with Crippen LogP contribution in [0.2, 0.25) is 0 Å². The van der Waals surface area contributed by atoms with E-state index in [2.05, 4.69) is 9.62 Å². The van der Waals surface area contributed by atoms with Crippen molar-refractivity contribution in [3.8, 4) is 0 Å². The third-order valence-corrected chi connectivity index (χ3v) is 4.92. The van der Waals surface area contributed by atoms with Gasteiger partial charge in [0.05, 0.1) is 11.0 Å². The van der Waals surface area contributed by atoms with Crippen molar-refractivity contribution in [1.29, 1.82) is 0 Å². The lowest BCUT2D eigenvalue weighted by Crippen LogP contribution is -2.36. The molecule has 2 rings (SSSR count). The first-order chi connectivity index (χ1) is 8.88. The van der Waals surface area contributed by atoms with Gasteiger partial charge in [0.1, 0.15) is 0 Å². The summed E-state index contributed by atoms with van der Waals surface area (Å²) < 4.78 is 27.1. The van der Waals surface area contributed by atoms with Gasteiger partial charge < -0.3 is 10.0 Å². The second kappa shape index (κ2) is 5.58. The molecule has 106 valence electrons. The summed E-state index contributed by atoms with van der Waals surface area (Å²) in [5, 5.41) is 9.41. The van der Waals surface area contributed by atoms with E-state index in [0.29, 0.717) is 5.56 Å². The summed E-state index contributed by atoms with van der Waals surface area (Å²) in [7, 11) is -1.49. The molecule has 0 saturated carbocycles. The van der Waals surface area contributed by atoms with Gasteiger partial charge in [0.25, 0.3) is 0 Å². The Hall–Kier alpha value is -0.950. The molecule has 2 N–H and O–H groups in total. The molecule has 1 fully saturated rings. The van der Waals surface area contributed by atoms with Gasteiger partial charge in [-0.25, -0.2) is 13.1 Å². The molecular weight excluding hydrogens is 264 g/mol. The van der Waals surface area contributed by atoms with Crippen LogP contribution < -0.4 is 4.72 Å². The SMILES string of the molecule is CC(O)c1ccc(S(=O)(=O)NC2CCN(C)C2)cc1. The van der Waals surface area contributed by atoms with Crippen molar-refractivity contribution >= 4 is 10.0 Å². The number of nitrogens with one attached hydrogen (secondary N) is 1. The van der Waals surface area contributed by atoms with E-state index in [-0.39, 0.29) is 10.9 Å². The van der Waals surface area contributed by atoms with Crippen LogP contribution in [0.4, 0.5) is 0 Å². The average Bonchev–Trinajstić information content (AvgIpc) is 2.74. The van der Waals surface area contributed by atoms with E-state index in [1.165, 1.54) is 12.1 Å². The molecule has 1 saturated heterocycles. The maximum atomic E-state index is 12.2. The zero-order valence-electron chi connectivity index (χ0n) is 11.2. The third kappa shape index (κ3) is 3.54. The van der Waals surface area contributed by atoms with Gasteiger partial charge in [-0.05, 0) is 44.6 Å². The topological polar surface area (TPSA) is 69.6 Å². The predicted octanol–water partition coefficient (Wildman–Crippen LogP) is 0.722. The molecule has 0 bridgehead atoms. The van der Waals surface area contributed by atoms with E-state index in [1.54, 1.807) is 19.1 Å². The predicted molar refractivity (Wildman–Crippen MR) is 73.3 cm³/mol. The van der Waals surface area contributed by atoms with E-state index in [9.17, 15) is 13.5 Å². The molecule has 6 heteroatoms. The largest absolute Gasteiger partial charge is 0.389 e. The van der Waals surface area contributed by atoms with E-state index in [1.807, 2.05) is 7.05 Å². The van der Waals surface area contributed by atoms with Crippen molar-refractivity contribution in [2.75, 3.05) is 20.1 Å². The van der Waals surface area contributed by atoms with Crippen LogP contribution in [0.15, 0.2) is 29.2 Å². The van der Waals surface area contributed by atoms with E-state index < -0.39 is 16.1 Å². The molecular formula is C13H20N2O3S. The molecule has 2 atom stereocenters. The molecule has 0 aliphatic carbocycles. The Balaban J connectivity index is 2.11. The number of rotatable bonds is 4. The second-order valence-corrected chi connectivity index (χ2v) is 6.83. The molecule has 1 aromatic rings. The van der Waals surface area contributed by atoms with E-state index in [4.69, 9.17) is 0 Å². The number of likely N-dealkylation sites (N-methyl/N-ethyl adjacent to an activating group) is 1. The van der Waals surface area contributed by atoms with Crippen LogP contribution in [0, 0.1) is 0 Å². The van der Waals surface area contributed by atoms with Crippen LogP contribution >= 0.6 is 0 Å². The molecule has 1 heterocycles. The standard InChI is InChI=1S/C13H20N2O3S/c1-10(16)11-3-5-13(6-4-11)19(17,18)14-12-7-8-15(2)9-12/h3-6,10,12,14,16H,7-9H2,1-2H3. The molecule has 1 aromatic carbocycles. The summed E-state index contributed by atoms with van der Waals surface area (Å²) in [4.78, 5) is 2.34. The minimum atomic E-state index is -3.47. The summed E-state index contributed by atoms with van der Waals surface area (Å²) in [6.07, 6.45) is 0.245. The minimum absolute atomic E-state index is 0.0218. The minimum Gasteiger partial charge on any atom is -0.389 e. The van der Waals surface area contributed by atoms with Crippen molar-refractivity contribution in [2.45, 2.75) is 30.4 Å².